The first-order chi connectivity index (χ1) is 6.56. The SMILES string of the molecule is CC(C)/N=C1/N(C)CC(CCCl)N1C. The molecule has 1 heterocycles. The highest BCUT2D eigenvalue weighted by Crippen LogP contribution is 2.16. The summed E-state index contributed by atoms with van der Waals surface area (Å²) in [5, 5.41) is 0. The largest absolute Gasteiger partial charge is 0.344 e. The normalized spacial score (nSPS) is 25.6. The molecule has 0 aromatic carbocycles. The lowest BCUT2D eigenvalue weighted by Crippen LogP contribution is -2.32. The van der Waals surface area contributed by atoms with Crippen LogP contribution in [0.4, 0.5) is 0 Å². The van der Waals surface area contributed by atoms with Crippen molar-refractivity contribution >= 4 is 17.6 Å². The molecule has 1 aliphatic rings. The standard InChI is InChI=1S/C10H20ClN3/c1-8(2)12-10-13(3)7-9(5-6-11)14(10)4/h8-9H,5-7H2,1-4H3/b12-10-. The number of nitrogens with zero attached hydrogens (tertiary/aromatic N) is 3. The smallest absolute Gasteiger partial charge is 0.196 e. The van der Waals surface area contributed by atoms with E-state index in [1.54, 1.807) is 0 Å². The van der Waals surface area contributed by atoms with Crippen molar-refractivity contribution in [3.63, 3.8) is 0 Å². The van der Waals surface area contributed by atoms with Gasteiger partial charge < -0.3 is 9.80 Å². The molecule has 14 heavy (non-hydrogen) atoms. The third kappa shape index (κ3) is 2.53. The summed E-state index contributed by atoms with van der Waals surface area (Å²) in [6, 6.07) is 0.875. The van der Waals surface area contributed by atoms with Crippen molar-refractivity contribution in [2.45, 2.75) is 32.4 Å². The zero-order valence-corrected chi connectivity index (χ0v) is 10.3. The lowest BCUT2D eigenvalue weighted by molar-refractivity contribution is 0.390. The predicted molar refractivity (Wildman–Crippen MR) is 62.1 cm³/mol. The van der Waals surface area contributed by atoms with Gasteiger partial charge in [-0.1, -0.05) is 0 Å². The summed E-state index contributed by atoms with van der Waals surface area (Å²) in [6.45, 7) is 5.24. The number of hydrogen-bond acceptors (Lipinski definition) is 1. The first kappa shape index (κ1) is 11.6. The summed E-state index contributed by atoms with van der Waals surface area (Å²) < 4.78 is 0. The van der Waals surface area contributed by atoms with Crippen molar-refractivity contribution in [2.24, 2.45) is 4.99 Å². The number of alkyl halides is 1. The maximum absolute atomic E-state index is 5.76. The molecule has 1 fully saturated rings. The predicted octanol–water partition coefficient (Wildman–Crippen LogP) is 1.63. The molecule has 0 amide bonds. The molecule has 1 unspecified atom stereocenters. The van der Waals surface area contributed by atoms with E-state index in [2.05, 4.69) is 42.7 Å². The van der Waals surface area contributed by atoms with Gasteiger partial charge in [-0.15, -0.1) is 11.6 Å². The number of hydrogen-bond donors (Lipinski definition) is 0. The summed E-state index contributed by atoms with van der Waals surface area (Å²) in [5.74, 6) is 1.81. The van der Waals surface area contributed by atoms with Gasteiger partial charge in [-0.2, -0.15) is 0 Å². The Hall–Kier alpha value is -0.440. The second-order valence-corrected chi connectivity index (χ2v) is 4.52. The Balaban J connectivity index is 2.69. The van der Waals surface area contributed by atoms with Gasteiger partial charge in [0.1, 0.15) is 0 Å². The van der Waals surface area contributed by atoms with Crippen LogP contribution in [0.2, 0.25) is 0 Å². The number of guanidine groups is 1. The molecule has 0 aliphatic carbocycles. The average molecular weight is 218 g/mol. The number of rotatable bonds is 3. The lowest BCUT2D eigenvalue weighted by atomic mass is 10.2. The van der Waals surface area contributed by atoms with Crippen LogP contribution in [-0.4, -0.2) is 54.4 Å². The van der Waals surface area contributed by atoms with Crippen molar-refractivity contribution in [2.75, 3.05) is 26.5 Å². The Morgan fingerprint density at radius 1 is 1.50 bits per heavy atom. The monoisotopic (exact) mass is 217 g/mol. The molecule has 3 nitrogen and oxygen atoms in total. The van der Waals surface area contributed by atoms with Crippen molar-refractivity contribution in [3.05, 3.63) is 0 Å². The van der Waals surface area contributed by atoms with Crippen LogP contribution in [0.5, 0.6) is 0 Å². The van der Waals surface area contributed by atoms with Gasteiger partial charge in [0.05, 0.1) is 6.04 Å². The third-order valence-electron chi connectivity index (χ3n) is 2.51. The Morgan fingerprint density at radius 3 is 2.64 bits per heavy atom. The molecular formula is C10H20ClN3. The molecule has 1 aliphatic heterocycles. The summed E-state index contributed by atoms with van der Waals surface area (Å²) in [7, 11) is 4.19. The first-order valence-electron chi connectivity index (χ1n) is 5.14. The second-order valence-electron chi connectivity index (χ2n) is 4.15. The number of likely N-dealkylation sites (N-methyl/N-ethyl adjacent to an activating group) is 2. The molecule has 4 heteroatoms. The topological polar surface area (TPSA) is 18.8 Å². The van der Waals surface area contributed by atoms with Crippen LogP contribution in [0.1, 0.15) is 20.3 Å². The van der Waals surface area contributed by atoms with E-state index >= 15 is 0 Å². The molecule has 0 N–H and O–H groups in total. The van der Waals surface area contributed by atoms with E-state index < -0.39 is 0 Å². The fourth-order valence-corrected chi connectivity index (χ4v) is 2.04. The summed E-state index contributed by atoms with van der Waals surface area (Å²) in [4.78, 5) is 9.04. The van der Waals surface area contributed by atoms with Gasteiger partial charge >= 0.3 is 0 Å². The summed E-state index contributed by atoms with van der Waals surface area (Å²) >= 11 is 5.76. The molecule has 0 bridgehead atoms. The number of halogens is 1. The van der Waals surface area contributed by atoms with Gasteiger partial charge in [-0.3, -0.25) is 4.99 Å². The van der Waals surface area contributed by atoms with Crippen LogP contribution in [0.15, 0.2) is 4.99 Å². The Bertz CT molecular complexity index is 215. The first-order valence-corrected chi connectivity index (χ1v) is 5.67. The van der Waals surface area contributed by atoms with Crippen LogP contribution in [-0.2, 0) is 0 Å². The molecule has 1 atom stereocenters. The zero-order chi connectivity index (χ0) is 10.7. The van der Waals surface area contributed by atoms with Crippen LogP contribution >= 0.6 is 11.6 Å². The minimum absolute atomic E-state index is 0.352. The molecule has 1 rings (SSSR count). The van der Waals surface area contributed by atoms with Gasteiger partial charge in [0.2, 0.25) is 0 Å². The molecule has 0 radical (unpaired) electrons. The molecule has 0 aromatic heterocycles. The lowest BCUT2D eigenvalue weighted by Gasteiger charge is -2.20. The highest BCUT2D eigenvalue weighted by atomic mass is 35.5. The third-order valence-corrected chi connectivity index (χ3v) is 2.72. The van der Waals surface area contributed by atoms with Crippen LogP contribution in [0.3, 0.4) is 0 Å². The van der Waals surface area contributed by atoms with Crippen molar-refractivity contribution in [1.29, 1.82) is 0 Å². The quantitative estimate of drug-likeness (QED) is 0.670. The van der Waals surface area contributed by atoms with Crippen LogP contribution in [0.25, 0.3) is 0 Å². The Labute approximate surface area is 91.7 Å². The van der Waals surface area contributed by atoms with E-state index in [1.807, 2.05) is 0 Å². The molecule has 0 aromatic rings. The van der Waals surface area contributed by atoms with Crippen LogP contribution < -0.4 is 0 Å². The van der Waals surface area contributed by atoms with E-state index in [4.69, 9.17) is 11.6 Å². The fourth-order valence-electron chi connectivity index (χ4n) is 1.78. The van der Waals surface area contributed by atoms with Gasteiger partial charge in [0.25, 0.3) is 0 Å². The van der Waals surface area contributed by atoms with Gasteiger partial charge in [0, 0.05) is 32.6 Å². The molecular weight excluding hydrogens is 198 g/mol. The van der Waals surface area contributed by atoms with E-state index in [9.17, 15) is 0 Å². The van der Waals surface area contributed by atoms with Crippen molar-refractivity contribution in [1.82, 2.24) is 9.80 Å². The highest BCUT2D eigenvalue weighted by molar-refractivity contribution is 6.17. The zero-order valence-electron chi connectivity index (χ0n) is 9.50. The van der Waals surface area contributed by atoms with E-state index in [0.717, 1.165) is 24.8 Å². The Kier molecular flexibility index (Phi) is 4.05. The minimum atomic E-state index is 0.352. The Morgan fingerprint density at radius 2 is 2.14 bits per heavy atom. The number of aliphatic imine (C=N–C) groups is 1. The van der Waals surface area contributed by atoms with Gasteiger partial charge in [0.15, 0.2) is 5.96 Å². The fraction of sp³-hybridized carbons (Fsp3) is 0.900. The maximum atomic E-state index is 5.76. The van der Waals surface area contributed by atoms with Crippen molar-refractivity contribution < 1.29 is 0 Å². The van der Waals surface area contributed by atoms with E-state index in [0.29, 0.717) is 12.1 Å². The summed E-state index contributed by atoms with van der Waals surface area (Å²) in [5.41, 5.74) is 0. The average Bonchev–Trinajstić information content (AvgIpc) is 2.33. The highest BCUT2D eigenvalue weighted by Gasteiger charge is 2.29. The molecule has 1 saturated heterocycles. The second kappa shape index (κ2) is 4.87. The maximum Gasteiger partial charge on any atom is 0.196 e. The molecule has 0 saturated carbocycles. The van der Waals surface area contributed by atoms with Gasteiger partial charge in [-0.05, 0) is 20.3 Å². The van der Waals surface area contributed by atoms with Gasteiger partial charge in [-0.25, -0.2) is 0 Å². The van der Waals surface area contributed by atoms with Crippen molar-refractivity contribution in [3.8, 4) is 0 Å². The molecule has 82 valence electrons. The van der Waals surface area contributed by atoms with Crippen LogP contribution in [0, 0.1) is 0 Å². The van der Waals surface area contributed by atoms with E-state index in [1.165, 1.54) is 0 Å². The minimum Gasteiger partial charge on any atom is -0.344 e. The van der Waals surface area contributed by atoms with E-state index in [-0.39, 0.29) is 0 Å². The summed E-state index contributed by atoms with van der Waals surface area (Å²) in [6.07, 6.45) is 1.03. The molecule has 0 spiro atoms.